The molecular formula is C11H13N3O3. The van der Waals surface area contributed by atoms with Crippen molar-refractivity contribution < 1.29 is 14.3 Å². The van der Waals surface area contributed by atoms with Crippen molar-refractivity contribution in [3.05, 3.63) is 11.8 Å². The van der Waals surface area contributed by atoms with Gasteiger partial charge in [-0.3, -0.25) is 9.59 Å². The van der Waals surface area contributed by atoms with Gasteiger partial charge in [0.2, 0.25) is 0 Å². The van der Waals surface area contributed by atoms with Crippen LogP contribution in [0.15, 0.2) is 11.2 Å². The van der Waals surface area contributed by atoms with Gasteiger partial charge in [0, 0.05) is 12.8 Å². The van der Waals surface area contributed by atoms with E-state index >= 15 is 0 Å². The maximum Gasteiger partial charge on any atom is 0.322 e. The molecule has 90 valence electrons. The lowest BCUT2D eigenvalue weighted by Crippen LogP contribution is -2.29. The predicted molar refractivity (Wildman–Crippen MR) is 60.5 cm³/mol. The van der Waals surface area contributed by atoms with E-state index in [1.165, 1.54) is 12.4 Å². The molecule has 1 atom stereocenters. The van der Waals surface area contributed by atoms with E-state index < -0.39 is 11.9 Å². The van der Waals surface area contributed by atoms with Gasteiger partial charge < -0.3 is 4.74 Å². The third-order valence-electron chi connectivity index (χ3n) is 2.55. The first-order valence-corrected chi connectivity index (χ1v) is 5.49. The summed E-state index contributed by atoms with van der Waals surface area (Å²) in [4.78, 5) is 27.7. The third kappa shape index (κ3) is 1.86. The van der Waals surface area contributed by atoms with Crippen LogP contribution >= 0.6 is 0 Å². The lowest BCUT2D eigenvalue weighted by atomic mass is 9.98. The monoisotopic (exact) mass is 235 g/mol. The van der Waals surface area contributed by atoms with Crippen LogP contribution in [0.3, 0.4) is 0 Å². The molecule has 0 bridgehead atoms. The van der Waals surface area contributed by atoms with Crippen molar-refractivity contribution in [1.29, 1.82) is 0 Å². The minimum atomic E-state index is -0.933. The van der Waals surface area contributed by atoms with E-state index in [9.17, 15) is 9.59 Å². The van der Waals surface area contributed by atoms with Crippen LogP contribution in [0.25, 0.3) is 0 Å². The average molecular weight is 235 g/mol. The zero-order valence-corrected chi connectivity index (χ0v) is 9.71. The molecule has 1 aliphatic heterocycles. The van der Waals surface area contributed by atoms with Crippen molar-refractivity contribution in [2.24, 2.45) is 10.9 Å². The summed E-state index contributed by atoms with van der Waals surface area (Å²) in [6, 6.07) is 0. The van der Waals surface area contributed by atoms with Gasteiger partial charge in [0.05, 0.1) is 18.4 Å². The average Bonchev–Trinajstić information content (AvgIpc) is 2.73. The highest BCUT2D eigenvalue weighted by atomic mass is 16.5. The van der Waals surface area contributed by atoms with Crippen LogP contribution in [-0.4, -0.2) is 34.4 Å². The fourth-order valence-corrected chi connectivity index (χ4v) is 1.70. The normalized spacial score (nSPS) is 18.0. The molecular weight excluding hydrogens is 222 g/mol. The Hall–Kier alpha value is -1.98. The molecule has 1 aliphatic rings. The summed E-state index contributed by atoms with van der Waals surface area (Å²) in [5.74, 6) is -1.28. The predicted octanol–water partition coefficient (Wildman–Crippen LogP) is 0.981. The smallest absolute Gasteiger partial charge is 0.322 e. The van der Waals surface area contributed by atoms with Crippen molar-refractivity contribution in [3.63, 3.8) is 0 Å². The SMILES string of the molecule is CCOC(=O)C1C=Nc2c(cnn2CC)C1=O. The van der Waals surface area contributed by atoms with E-state index in [0.717, 1.165) is 0 Å². The molecule has 0 saturated heterocycles. The molecule has 0 spiro atoms. The van der Waals surface area contributed by atoms with Crippen molar-refractivity contribution in [3.8, 4) is 0 Å². The van der Waals surface area contributed by atoms with Crippen molar-refractivity contribution in [1.82, 2.24) is 9.78 Å². The van der Waals surface area contributed by atoms with E-state index in [-0.39, 0.29) is 12.4 Å². The fourth-order valence-electron chi connectivity index (χ4n) is 1.70. The number of aromatic nitrogens is 2. The number of nitrogens with zero attached hydrogens (tertiary/aromatic N) is 3. The van der Waals surface area contributed by atoms with E-state index in [1.54, 1.807) is 11.6 Å². The Kier molecular flexibility index (Phi) is 3.03. The Morgan fingerprint density at radius 2 is 2.29 bits per heavy atom. The van der Waals surface area contributed by atoms with E-state index in [2.05, 4.69) is 10.1 Å². The van der Waals surface area contributed by atoms with Crippen LogP contribution < -0.4 is 0 Å². The van der Waals surface area contributed by atoms with Crippen LogP contribution in [0.1, 0.15) is 24.2 Å². The van der Waals surface area contributed by atoms with E-state index in [0.29, 0.717) is 17.9 Å². The van der Waals surface area contributed by atoms with Crippen LogP contribution in [0, 0.1) is 5.92 Å². The summed E-state index contributed by atoms with van der Waals surface area (Å²) in [5, 5.41) is 4.04. The highest BCUT2D eigenvalue weighted by Crippen LogP contribution is 2.26. The number of aryl methyl sites for hydroxylation is 1. The molecule has 0 radical (unpaired) electrons. The highest BCUT2D eigenvalue weighted by molar-refractivity contribution is 6.22. The quantitative estimate of drug-likeness (QED) is 0.578. The van der Waals surface area contributed by atoms with Gasteiger partial charge in [-0.15, -0.1) is 0 Å². The Bertz CT molecular complexity index is 490. The molecule has 2 rings (SSSR count). The second kappa shape index (κ2) is 4.48. The number of fused-ring (bicyclic) bond motifs is 1. The second-order valence-electron chi connectivity index (χ2n) is 3.57. The maximum atomic E-state index is 12.0. The molecule has 1 aromatic rings. The fraction of sp³-hybridized carbons (Fsp3) is 0.455. The second-order valence-corrected chi connectivity index (χ2v) is 3.57. The van der Waals surface area contributed by atoms with Gasteiger partial charge in [-0.1, -0.05) is 0 Å². The number of ketones is 1. The standard InChI is InChI=1S/C11H13N3O3/c1-3-14-10-7(6-13-14)9(15)8(5-12-10)11(16)17-4-2/h5-6,8H,3-4H2,1-2H3. The van der Waals surface area contributed by atoms with Crippen molar-refractivity contribution in [2.45, 2.75) is 20.4 Å². The van der Waals surface area contributed by atoms with Crippen LogP contribution in [0.4, 0.5) is 5.82 Å². The van der Waals surface area contributed by atoms with Gasteiger partial charge in [0.25, 0.3) is 0 Å². The zero-order chi connectivity index (χ0) is 12.4. The minimum Gasteiger partial charge on any atom is -0.465 e. The zero-order valence-electron chi connectivity index (χ0n) is 9.71. The molecule has 0 aromatic carbocycles. The number of hydrogen-bond acceptors (Lipinski definition) is 5. The first kappa shape index (κ1) is 11.5. The molecule has 1 unspecified atom stereocenters. The maximum absolute atomic E-state index is 12.0. The Balaban J connectivity index is 2.31. The number of Topliss-reactive ketones (excluding diaryl/α,β-unsaturated/α-hetero) is 1. The van der Waals surface area contributed by atoms with Gasteiger partial charge in [-0.2, -0.15) is 5.10 Å². The summed E-state index contributed by atoms with van der Waals surface area (Å²) in [5.41, 5.74) is 0.382. The summed E-state index contributed by atoms with van der Waals surface area (Å²) in [6.45, 7) is 4.48. The molecule has 0 aliphatic carbocycles. The first-order valence-electron chi connectivity index (χ1n) is 5.49. The Morgan fingerprint density at radius 1 is 1.53 bits per heavy atom. The molecule has 0 saturated carbocycles. The molecule has 6 nitrogen and oxygen atoms in total. The van der Waals surface area contributed by atoms with Crippen molar-refractivity contribution >= 4 is 23.8 Å². The minimum absolute atomic E-state index is 0.248. The number of carbonyl (C=O) groups is 2. The molecule has 0 amide bonds. The number of esters is 1. The molecule has 1 aromatic heterocycles. The van der Waals surface area contributed by atoms with E-state index in [4.69, 9.17) is 4.74 Å². The Morgan fingerprint density at radius 3 is 2.94 bits per heavy atom. The topological polar surface area (TPSA) is 73.5 Å². The number of ether oxygens (including phenoxy) is 1. The van der Waals surface area contributed by atoms with Gasteiger partial charge in [-0.05, 0) is 13.8 Å². The Labute approximate surface area is 98.3 Å². The van der Waals surface area contributed by atoms with Crippen LogP contribution in [-0.2, 0) is 16.1 Å². The number of carbonyl (C=O) groups excluding carboxylic acids is 2. The first-order chi connectivity index (χ1) is 8.19. The summed E-state index contributed by atoms with van der Waals surface area (Å²) >= 11 is 0. The highest BCUT2D eigenvalue weighted by Gasteiger charge is 2.33. The largest absolute Gasteiger partial charge is 0.465 e. The summed E-state index contributed by atoms with van der Waals surface area (Å²) in [7, 11) is 0. The van der Waals surface area contributed by atoms with Gasteiger partial charge in [-0.25, -0.2) is 9.67 Å². The van der Waals surface area contributed by atoms with Crippen LogP contribution in [0.2, 0.25) is 0 Å². The molecule has 0 N–H and O–H groups in total. The number of aliphatic imine (C=N–C) groups is 1. The lowest BCUT2D eigenvalue weighted by Gasteiger charge is -2.13. The van der Waals surface area contributed by atoms with Gasteiger partial charge in [0.15, 0.2) is 17.5 Å². The third-order valence-corrected chi connectivity index (χ3v) is 2.55. The lowest BCUT2D eigenvalue weighted by molar-refractivity contribution is -0.143. The molecule has 2 heterocycles. The van der Waals surface area contributed by atoms with E-state index in [1.807, 2.05) is 6.92 Å². The molecule has 0 fully saturated rings. The van der Waals surface area contributed by atoms with Crippen LogP contribution in [0.5, 0.6) is 0 Å². The van der Waals surface area contributed by atoms with Crippen molar-refractivity contribution in [2.75, 3.05) is 6.61 Å². The summed E-state index contributed by atoms with van der Waals surface area (Å²) in [6.07, 6.45) is 2.78. The van der Waals surface area contributed by atoms with Gasteiger partial charge in [0.1, 0.15) is 0 Å². The van der Waals surface area contributed by atoms with Gasteiger partial charge >= 0.3 is 5.97 Å². The number of rotatable bonds is 3. The molecule has 17 heavy (non-hydrogen) atoms. The molecule has 6 heteroatoms. The summed E-state index contributed by atoms with van der Waals surface area (Å²) < 4.78 is 6.44. The number of hydrogen-bond donors (Lipinski definition) is 0.